The Kier molecular flexibility index (Phi) is 5.35. The lowest BCUT2D eigenvalue weighted by Crippen LogP contribution is -2.39. The second-order valence-electron chi connectivity index (χ2n) is 6.00. The number of halogens is 1. The number of rotatable bonds is 5. The van der Waals surface area contributed by atoms with Gasteiger partial charge in [0, 0.05) is 18.3 Å². The number of hydrogen-bond acceptors (Lipinski definition) is 4. The highest BCUT2D eigenvalue weighted by atomic mass is 35.5. The zero-order valence-corrected chi connectivity index (χ0v) is 14.2. The maximum Gasteiger partial charge on any atom is 0.242 e. The monoisotopic (exact) mass is 344 g/mol. The maximum absolute atomic E-state index is 12.2. The molecule has 1 aliphatic rings. The molecule has 0 aliphatic carbocycles. The molecular weight excluding hydrogens is 324 g/mol. The second-order valence-corrected chi connectivity index (χ2v) is 6.41. The molecule has 2 aromatic carbocycles. The van der Waals surface area contributed by atoms with Crippen LogP contribution in [0.2, 0.25) is 5.02 Å². The molecule has 24 heavy (non-hydrogen) atoms. The third kappa shape index (κ3) is 4.26. The van der Waals surface area contributed by atoms with E-state index in [-0.39, 0.29) is 18.0 Å². The summed E-state index contributed by atoms with van der Waals surface area (Å²) in [7, 11) is 0. The van der Waals surface area contributed by atoms with Gasteiger partial charge in [0.1, 0.15) is 6.04 Å². The standard InChI is InChI=1S/C18H21ClN4O/c1-12-9-17(23-22-12)18(24)21-14-7-8-16(15(19)10-14)20-11-13-5-3-2-4-6-13/h2-8,10,12,17,20,22-23H,9,11H2,1H3,(H,21,24). The summed E-state index contributed by atoms with van der Waals surface area (Å²) in [6.07, 6.45) is 0.760. The Bertz CT molecular complexity index is 707. The van der Waals surface area contributed by atoms with Crippen molar-refractivity contribution in [3.05, 3.63) is 59.1 Å². The van der Waals surface area contributed by atoms with Crippen LogP contribution >= 0.6 is 11.6 Å². The van der Waals surface area contributed by atoms with Crippen molar-refractivity contribution in [2.45, 2.75) is 32.0 Å². The molecule has 0 saturated carbocycles. The molecule has 0 aromatic heterocycles. The molecule has 1 saturated heterocycles. The highest BCUT2D eigenvalue weighted by molar-refractivity contribution is 6.33. The first kappa shape index (κ1) is 16.8. The first-order valence-electron chi connectivity index (χ1n) is 8.01. The average Bonchev–Trinajstić information content (AvgIpc) is 3.02. The Hall–Kier alpha value is -2.08. The van der Waals surface area contributed by atoms with E-state index in [0.29, 0.717) is 17.3 Å². The number of benzene rings is 2. The number of anilines is 2. The fraction of sp³-hybridized carbons (Fsp3) is 0.278. The highest BCUT2D eigenvalue weighted by Crippen LogP contribution is 2.26. The van der Waals surface area contributed by atoms with Crippen LogP contribution in [0.4, 0.5) is 11.4 Å². The quantitative estimate of drug-likeness (QED) is 0.673. The fourth-order valence-corrected chi connectivity index (χ4v) is 2.89. The molecule has 126 valence electrons. The largest absolute Gasteiger partial charge is 0.380 e. The minimum atomic E-state index is -0.227. The third-order valence-corrected chi connectivity index (χ3v) is 4.28. The lowest BCUT2D eigenvalue weighted by molar-refractivity contribution is -0.117. The summed E-state index contributed by atoms with van der Waals surface area (Å²) in [5.74, 6) is -0.0621. The SMILES string of the molecule is CC1CC(C(=O)Nc2ccc(NCc3ccccc3)c(Cl)c2)NN1. The van der Waals surface area contributed by atoms with Crippen molar-refractivity contribution in [2.75, 3.05) is 10.6 Å². The van der Waals surface area contributed by atoms with Gasteiger partial charge in [0.15, 0.2) is 0 Å². The van der Waals surface area contributed by atoms with E-state index in [1.54, 1.807) is 6.07 Å². The van der Waals surface area contributed by atoms with Gasteiger partial charge in [-0.2, -0.15) is 0 Å². The summed E-state index contributed by atoms with van der Waals surface area (Å²) in [6.45, 7) is 2.73. The van der Waals surface area contributed by atoms with Crippen LogP contribution in [-0.4, -0.2) is 18.0 Å². The second kappa shape index (κ2) is 7.66. The van der Waals surface area contributed by atoms with Gasteiger partial charge in [0.25, 0.3) is 0 Å². The van der Waals surface area contributed by atoms with Gasteiger partial charge in [0.2, 0.25) is 5.91 Å². The molecule has 3 rings (SSSR count). The molecule has 2 atom stereocenters. The molecule has 2 aromatic rings. The molecule has 0 radical (unpaired) electrons. The van der Waals surface area contributed by atoms with Crippen LogP contribution in [0, 0.1) is 0 Å². The Morgan fingerprint density at radius 3 is 2.67 bits per heavy atom. The van der Waals surface area contributed by atoms with Gasteiger partial charge in [0.05, 0.1) is 10.7 Å². The number of hydrogen-bond donors (Lipinski definition) is 4. The van der Waals surface area contributed by atoms with Crippen molar-refractivity contribution in [3.8, 4) is 0 Å². The van der Waals surface area contributed by atoms with Crippen molar-refractivity contribution in [1.29, 1.82) is 0 Å². The molecule has 1 fully saturated rings. The van der Waals surface area contributed by atoms with E-state index in [4.69, 9.17) is 11.6 Å². The van der Waals surface area contributed by atoms with Gasteiger partial charge in [-0.05, 0) is 37.1 Å². The molecule has 1 aliphatic heterocycles. The van der Waals surface area contributed by atoms with Crippen molar-refractivity contribution >= 4 is 28.9 Å². The minimum Gasteiger partial charge on any atom is -0.380 e. The van der Waals surface area contributed by atoms with E-state index in [0.717, 1.165) is 12.1 Å². The van der Waals surface area contributed by atoms with Crippen LogP contribution in [0.15, 0.2) is 48.5 Å². The van der Waals surface area contributed by atoms with Crippen LogP contribution in [0.5, 0.6) is 0 Å². The van der Waals surface area contributed by atoms with Crippen LogP contribution in [-0.2, 0) is 11.3 Å². The molecule has 2 unspecified atom stereocenters. The number of carbonyl (C=O) groups excluding carboxylic acids is 1. The van der Waals surface area contributed by atoms with E-state index in [1.807, 2.05) is 37.3 Å². The van der Waals surface area contributed by atoms with Gasteiger partial charge in [-0.25, -0.2) is 5.43 Å². The highest BCUT2D eigenvalue weighted by Gasteiger charge is 2.26. The summed E-state index contributed by atoms with van der Waals surface area (Å²) >= 11 is 6.32. The van der Waals surface area contributed by atoms with Crippen LogP contribution in [0.1, 0.15) is 18.9 Å². The Labute approximate surface area is 146 Å². The summed E-state index contributed by atoms with van der Waals surface area (Å²) in [4.78, 5) is 12.2. The molecule has 1 amide bonds. The van der Waals surface area contributed by atoms with E-state index in [2.05, 4.69) is 33.6 Å². The van der Waals surface area contributed by atoms with Crippen molar-refractivity contribution in [3.63, 3.8) is 0 Å². The summed E-state index contributed by atoms with van der Waals surface area (Å²) in [5.41, 5.74) is 8.74. The lowest BCUT2D eigenvalue weighted by Gasteiger charge is -2.13. The van der Waals surface area contributed by atoms with Crippen molar-refractivity contribution in [2.24, 2.45) is 0 Å². The van der Waals surface area contributed by atoms with E-state index < -0.39 is 0 Å². The first-order chi connectivity index (χ1) is 11.6. The number of amides is 1. The normalized spacial score (nSPS) is 19.9. The molecule has 6 heteroatoms. The molecular formula is C18H21ClN4O. The zero-order chi connectivity index (χ0) is 16.9. The Morgan fingerprint density at radius 2 is 2.00 bits per heavy atom. The van der Waals surface area contributed by atoms with Gasteiger partial charge in [-0.1, -0.05) is 41.9 Å². The molecule has 5 nitrogen and oxygen atoms in total. The zero-order valence-electron chi connectivity index (χ0n) is 13.5. The van der Waals surface area contributed by atoms with E-state index in [9.17, 15) is 4.79 Å². The lowest BCUT2D eigenvalue weighted by atomic mass is 10.1. The van der Waals surface area contributed by atoms with Crippen molar-refractivity contribution in [1.82, 2.24) is 10.9 Å². The molecule has 0 spiro atoms. The van der Waals surface area contributed by atoms with Crippen LogP contribution in [0.25, 0.3) is 0 Å². The van der Waals surface area contributed by atoms with Gasteiger partial charge in [-0.15, -0.1) is 0 Å². The molecule has 0 bridgehead atoms. The van der Waals surface area contributed by atoms with Gasteiger partial charge >= 0.3 is 0 Å². The maximum atomic E-state index is 12.2. The first-order valence-corrected chi connectivity index (χ1v) is 8.39. The van der Waals surface area contributed by atoms with Crippen LogP contribution in [0.3, 0.4) is 0 Å². The topological polar surface area (TPSA) is 65.2 Å². The van der Waals surface area contributed by atoms with E-state index >= 15 is 0 Å². The Morgan fingerprint density at radius 1 is 1.21 bits per heavy atom. The third-order valence-electron chi connectivity index (χ3n) is 3.97. The fourth-order valence-electron chi connectivity index (χ4n) is 2.65. The summed E-state index contributed by atoms with van der Waals surface area (Å²) in [5, 5.41) is 6.77. The predicted molar refractivity (Wildman–Crippen MR) is 98.0 cm³/mol. The number of hydrazine groups is 1. The van der Waals surface area contributed by atoms with Crippen molar-refractivity contribution < 1.29 is 4.79 Å². The van der Waals surface area contributed by atoms with Gasteiger partial charge in [-0.3, -0.25) is 10.2 Å². The number of nitrogens with one attached hydrogen (secondary N) is 4. The minimum absolute atomic E-state index is 0.0621. The molecule has 4 N–H and O–H groups in total. The molecule has 1 heterocycles. The predicted octanol–water partition coefficient (Wildman–Crippen LogP) is 3.15. The summed E-state index contributed by atoms with van der Waals surface area (Å²) < 4.78 is 0. The number of carbonyl (C=O) groups is 1. The van der Waals surface area contributed by atoms with E-state index in [1.165, 1.54) is 5.56 Å². The van der Waals surface area contributed by atoms with Crippen LogP contribution < -0.4 is 21.5 Å². The Balaban J connectivity index is 1.59. The smallest absolute Gasteiger partial charge is 0.242 e. The van der Waals surface area contributed by atoms with Gasteiger partial charge < -0.3 is 10.6 Å². The average molecular weight is 345 g/mol. The summed E-state index contributed by atoms with van der Waals surface area (Å²) in [6, 6.07) is 15.7.